The van der Waals surface area contributed by atoms with Gasteiger partial charge < -0.3 is 15.1 Å². The number of aryl methyl sites for hydroxylation is 1. The van der Waals surface area contributed by atoms with E-state index in [1.54, 1.807) is 6.07 Å². The molecule has 8 heteroatoms. The minimum atomic E-state index is -4.52. The molecule has 0 amide bonds. The van der Waals surface area contributed by atoms with E-state index in [2.05, 4.69) is 15.1 Å². The van der Waals surface area contributed by atoms with Crippen molar-refractivity contribution >= 4 is 5.82 Å². The zero-order valence-electron chi connectivity index (χ0n) is 14.8. The van der Waals surface area contributed by atoms with Gasteiger partial charge in [-0.15, -0.1) is 10.2 Å². The molecule has 27 heavy (non-hydrogen) atoms. The first-order valence-corrected chi connectivity index (χ1v) is 8.98. The molecule has 2 N–H and O–H groups in total. The zero-order chi connectivity index (χ0) is 19.3. The SMILES string of the molecule is Cc1cc(C(F)(F)F)cc(O)c1-c1cc2c(nn1)N([C@@H]1CCC[C@@H]1O)CC2. The van der Waals surface area contributed by atoms with Crippen LogP contribution in [0.1, 0.15) is 36.0 Å². The summed E-state index contributed by atoms with van der Waals surface area (Å²) in [5, 5.41) is 28.8. The fraction of sp³-hybridized carbons (Fsp3) is 0.474. The standard InChI is InChI=1S/C19H20F3N3O2/c1-10-7-12(19(20,21)22)9-16(27)17(10)13-8-11-5-6-25(18(11)24-23-13)14-3-2-4-15(14)26/h7-9,14-15,26-27H,2-6H2,1H3/t14-,15+/m1/s1. The van der Waals surface area contributed by atoms with Gasteiger partial charge in [-0.3, -0.25) is 0 Å². The molecule has 1 aromatic heterocycles. The summed E-state index contributed by atoms with van der Waals surface area (Å²) in [6, 6.07) is 3.54. The van der Waals surface area contributed by atoms with Crippen LogP contribution in [-0.4, -0.2) is 39.1 Å². The molecule has 1 fully saturated rings. The molecule has 2 atom stereocenters. The Hall–Kier alpha value is -2.35. The first kappa shape index (κ1) is 18.0. The van der Waals surface area contributed by atoms with Gasteiger partial charge in [-0.2, -0.15) is 13.2 Å². The van der Waals surface area contributed by atoms with E-state index in [0.717, 1.165) is 49.9 Å². The molecule has 2 aromatic rings. The van der Waals surface area contributed by atoms with Crippen molar-refractivity contribution in [2.75, 3.05) is 11.4 Å². The van der Waals surface area contributed by atoms with Crippen LogP contribution >= 0.6 is 0 Å². The molecular weight excluding hydrogens is 359 g/mol. The summed E-state index contributed by atoms with van der Waals surface area (Å²) in [5.74, 6) is 0.256. The Bertz CT molecular complexity index is 862. The van der Waals surface area contributed by atoms with Crippen molar-refractivity contribution < 1.29 is 23.4 Å². The van der Waals surface area contributed by atoms with Crippen LogP contribution in [0, 0.1) is 6.92 Å². The molecule has 2 heterocycles. The van der Waals surface area contributed by atoms with Gasteiger partial charge in [-0.05, 0) is 56.4 Å². The second-order valence-electron chi connectivity index (χ2n) is 7.27. The molecule has 1 aromatic carbocycles. The second-order valence-corrected chi connectivity index (χ2v) is 7.27. The highest BCUT2D eigenvalue weighted by atomic mass is 19.4. The highest BCUT2D eigenvalue weighted by Gasteiger charge is 2.36. The first-order chi connectivity index (χ1) is 12.8. The second kappa shape index (κ2) is 6.37. The number of hydrogen-bond acceptors (Lipinski definition) is 5. The maximum atomic E-state index is 12.9. The highest BCUT2D eigenvalue weighted by molar-refractivity contribution is 5.73. The van der Waals surface area contributed by atoms with Crippen molar-refractivity contribution in [1.82, 2.24) is 10.2 Å². The number of halogens is 3. The number of aliphatic hydroxyl groups excluding tert-OH is 1. The number of benzene rings is 1. The van der Waals surface area contributed by atoms with Gasteiger partial charge in [0.1, 0.15) is 5.75 Å². The third kappa shape index (κ3) is 3.12. The maximum Gasteiger partial charge on any atom is 0.416 e. The molecule has 1 saturated carbocycles. The molecule has 2 aliphatic rings. The average molecular weight is 379 g/mol. The van der Waals surface area contributed by atoms with E-state index in [0.29, 0.717) is 11.5 Å². The Balaban J connectivity index is 1.69. The Morgan fingerprint density at radius 2 is 1.93 bits per heavy atom. The number of fused-ring (bicyclic) bond motifs is 1. The van der Waals surface area contributed by atoms with Crippen LogP contribution in [0.2, 0.25) is 0 Å². The Kier molecular flexibility index (Phi) is 4.25. The Morgan fingerprint density at radius 3 is 2.56 bits per heavy atom. The lowest BCUT2D eigenvalue weighted by Crippen LogP contribution is -2.39. The van der Waals surface area contributed by atoms with Crippen molar-refractivity contribution in [1.29, 1.82) is 0 Å². The molecule has 5 nitrogen and oxygen atoms in total. The van der Waals surface area contributed by atoms with Gasteiger partial charge in [0.05, 0.1) is 23.4 Å². The van der Waals surface area contributed by atoms with Crippen molar-refractivity contribution in [3.63, 3.8) is 0 Å². The molecule has 0 spiro atoms. The predicted molar refractivity (Wildman–Crippen MR) is 93.6 cm³/mol. The lowest BCUT2D eigenvalue weighted by molar-refractivity contribution is -0.137. The fourth-order valence-corrected chi connectivity index (χ4v) is 4.19. The van der Waals surface area contributed by atoms with E-state index in [9.17, 15) is 23.4 Å². The van der Waals surface area contributed by atoms with Gasteiger partial charge in [0.25, 0.3) is 0 Å². The molecule has 1 aliphatic heterocycles. The fourth-order valence-electron chi connectivity index (χ4n) is 4.19. The number of alkyl halides is 3. The van der Waals surface area contributed by atoms with Gasteiger partial charge in [0, 0.05) is 17.7 Å². The number of aromatic hydroxyl groups is 1. The van der Waals surface area contributed by atoms with Gasteiger partial charge in [0.15, 0.2) is 5.82 Å². The number of anilines is 1. The number of aliphatic hydroxyl groups is 1. The van der Waals surface area contributed by atoms with E-state index < -0.39 is 17.5 Å². The van der Waals surface area contributed by atoms with E-state index in [1.165, 1.54) is 6.92 Å². The number of aromatic nitrogens is 2. The smallest absolute Gasteiger partial charge is 0.416 e. The average Bonchev–Trinajstić information content (AvgIpc) is 3.18. The lowest BCUT2D eigenvalue weighted by atomic mass is 9.99. The van der Waals surface area contributed by atoms with Crippen LogP contribution < -0.4 is 4.90 Å². The van der Waals surface area contributed by atoms with Gasteiger partial charge in [-0.25, -0.2) is 0 Å². The van der Waals surface area contributed by atoms with Crippen LogP contribution in [0.5, 0.6) is 5.75 Å². The monoisotopic (exact) mass is 379 g/mol. The van der Waals surface area contributed by atoms with Gasteiger partial charge >= 0.3 is 6.18 Å². The van der Waals surface area contributed by atoms with Crippen molar-refractivity contribution in [3.8, 4) is 17.0 Å². The Morgan fingerprint density at radius 1 is 1.15 bits per heavy atom. The van der Waals surface area contributed by atoms with Crippen LogP contribution in [0.15, 0.2) is 18.2 Å². The quantitative estimate of drug-likeness (QED) is 0.837. The van der Waals surface area contributed by atoms with Crippen molar-refractivity contribution in [2.24, 2.45) is 0 Å². The third-order valence-electron chi connectivity index (χ3n) is 5.49. The molecule has 144 valence electrons. The summed E-state index contributed by atoms with van der Waals surface area (Å²) in [6.07, 6.45) is -1.52. The molecule has 0 unspecified atom stereocenters. The van der Waals surface area contributed by atoms with Gasteiger partial charge in [0.2, 0.25) is 0 Å². The number of nitrogens with zero attached hydrogens (tertiary/aromatic N) is 3. The van der Waals surface area contributed by atoms with Crippen molar-refractivity contribution in [2.45, 2.75) is 50.9 Å². The number of phenolic OH excluding ortho intramolecular Hbond substituents is 1. The number of phenols is 1. The zero-order valence-corrected chi connectivity index (χ0v) is 14.8. The van der Waals surface area contributed by atoms with Crippen LogP contribution in [0.4, 0.5) is 19.0 Å². The molecular formula is C19H20F3N3O2. The molecule has 4 rings (SSSR count). The van der Waals surface area contributed by atoms with Crippen LogP contribution in [0.25, 0.3) is 11.3 Å². The summed E-state index contributed by atoms with van der Waals surface area (Å²) in [7, 11) is 0. The topological polar surface area (TPSA) is 69.5 Å². The number of rotatable bonds is 2. The minimum absolute atomic E-state index is 0.0348. The summed E-state index contributed by atoms with van der Waals surface area (Å²) < 4.78 is 38.8. The first-order valence-electron chi connectivity index (χ1n) is 8.98. The van der Waals surface area contributed by atoms with Crippen LogP contribution in [0.3, 0.4) is 0 Å². The normalized spacial score (nSPS) is 22.3. The third-order valence-corrected chi connectivity index (χ3v) is 5.49. The summed E-state index contributed by atoms with van der Waals surface area (Å²) in [6.45, 7) is 2.24. The van der Waals surface area contributed by atoms with E-state index >= 15 is 0 Å². The highest BCUT2D eigenvalue weighted by Crippen LogP contribution is 2.40. The van der Waals surface area contributed by atoms with Crippen molar-refractivity contribution in [3.05, 3.63) is 34.9 Å². The summed E-state index contributed by atoms with van der Waals surface area (Å²) >= 11 is 0. The lowest BCUT2D eigenvalue weighted by Gasteiger charge is -2.28. The molecule has 0 radical (unpaired) electrons. The molecule has 0 bridgehead atoms. The van der Waals surface area contributed by atoms with Crippen LogP contribution in [-0.2, 0) is 12.6 Å². The Labute approximate surface area is 154 Å². The molecule has 1 aliphatic carbocycles. The van der Waals surface area contributed by atoms with Gasteiger partial charge in [-0.1, -0.05) is 0 Å². The minimum Gasteiger partial charge on any atom is -0.507 e. The van der Waals surface area contributed by atoms with E-state index in [4.69, 9.17) is 0 Å². The largest absolute Gasteiger partial charge is 0.507 e. The van der Waals surface area contributed by atoms with E-state index in [-0.39, 0.29) is 23.3 Å². The predicted octanol–water partition coefficient (Wildman–Crippen LogP) is 3.45. The summed E-state index contributed by atoms with van der Waals surface area (Å²) in [5.41, 5.74) is 0.941. The van der Waals surface area contributed by atoms with E-state index in [1.807, 2.05) is 0 Å². The number of hydrogen-bond donors (Lipinski definition) is 2. The maximum absolute atomic E-state index is 12.9. The summed E-state index contributed by atoms with van der Waals surface area (Å²) in [4.78, 5) is 2.07. The molecule has 0 saturated heterocycles.